The lowest BCUT2D eigenvalue weighted by atomic mass is 10.0. The number of nitrogens with two attached hydrogens (primary N) is 1. The number of aromatic nitrogens is 2. The zero-order valence-electron chi connectivity index (χ0n) is 17.3. The molecule has 2 rings (SSSR count). The summed E-state index contributed by atoms with van der Waals surface area (Å²) in [5, 5.41) is 3.55. The SMILES string of the molecule is CC(C)C[C@H](NC(=O)c1nc2cc(Cl)ccc2[nH]1)C(=O)NN(CCC(N)=O)C(=O)[C@@H](F)Cl. The molecule has 0 spiro atoms. The van der Waals surface area contributed by atoms with Gasteiger partial charge in [0.15, 0.2) is 5.82 Å². The van der Waals surface area contributed by atoms with Crippen LogP contribution in [0.5, 0.6) is 0 Å². The minimum Gasteiger partial charge on any atom is -0.370 e. The molecule has 0 saturated heterocycles. The summed E-state index contributed by atoms with van der Waals surface area (Å²) in [5.41, 5.74) is 5.85. The van der Waals surface area contributed by atoms with Crippen LogP contribution in [-0.4, -0.2) is 56.8 Å². The van der Waals surface area contributed by atoms with E-state index in [2.05, 4.69) is 20.7 Å². The number of aromatic amines is 1. The van der Waals surface area contributed by atoms with E-state index in [4.69, 9.17) is 28.9 Å². The van der Waals surface area contributed by atoms with Gasteiger partial charge in [-0.2, -0.15) is 0 Å². The molecule has 32 heavy (non-hydrogen) atoms. The molecular formula is C19H23Cl2FN6O4. The molecule has 0 aliphatic carbocycles. The minimum atomic E-state index is -2.44. The lowest BCUT2D eigenvalue weighted by Gasteiger charge is -2.26. The van der Waals surface area contributed by atoms with E-state index < -0.39 is 35.3 Å². The number of carbonyl (C=O) groups excluding carboxylic acids is 4. The second kappa shape index (κ2) is 11.1. The molecule has 2 aromatic rings. The fourth-order valence-corrected chi connectivity index (χ4v) is 3.07. The highest BCUT2D eigenvalue weighted by Gasteiger charge is 2.29. The molecule has 0 bridgehead atoms. The van der Waals surface area contributed by atoms with E-state index in [1.807, 2.05) is 13.8 Å². The predicted molar refractivity (Wildman–Crippen MR) is 116 cm³/mol. The Bertz CT molecular complexity index is 1010. The number of hydrogen-bond donors (Lipinski definition) is 4. The Labute approximate surface area is 193 Å². The van der Waals surface area contributed by atoms with Crippen LogP contribution in [0.1, 0.15) is 37.3 Å². The third-order valence-corrected chi connectivity index (χ3v) is 4.69. The Morgan fingerprint density at radius 2 is 1.97 bits per heavy atom. The molecule has 10 nitrogen and oxygen atoms in total. The molecule has 174 valence electrons. The summed E-state index contributed by atoms with van der Waals surface area (Å²) >= 11 is 11.1. The largest absolute Gasteiger partial charge is 0.370 e. The molecule has 0 unspecified atom stereocenters. The topological polar surface area (TPSA) is 150 Å². The average molecular weight is 489 g/mol. The zero-order chi connectivity index (χ0) is 24.0. The average Bonchev–Trinajstić information content (AvgIpc) is 3.12. The van der Waals surface area contributed by atoms with Crippen LogP contribution in [0, 0.1) is 5.92 Å². The third-order valence-electron chi connectivity index (χ3n) is 4.27. The number of primary amides is 1. The summed E-state index contributed by atoms with van der Waals surface area (Å²) in [6.45, 7) is 3.25. The van der Waals surface area contributed by atoms with Gasteiger partial charge < -0.3 is 16.0 Å². The molecule has 2 atom stereocenters. The smallest absolute Gasteiger partial charge is 0.291 e. The Kier molecular flexibility index (Phi) is 8.79. The Morgan fingerprint density at radius 1 is 1.28 bits per heavy atom. The molecule has 0 fully saturated rings. The first kappa shape index (κ1) is 25.3. The van der Waals surface area contributed by atoms with Gasteiger partial charge in [-0.1, -0.05) is 37.0 Å². The molecule has 0 radical (unpaired) electrons. The van der Waals surface area contributed by atoms with Crippen molar-refractivity contribution in [2.75, 3.05) is 6.54 Å². The summed E-state index contributed by atoms with van der Waals surface area (Å²) in [4.78, 5) is 55.5. The number of benzene rings is 1. The highest BCUT2D eigenvalue weighted by molar-refractivity contribution is 6.31. The van der Waals surface area contributed by atoms with Gasteiger partial charge in [-0.05, 0) is 30.5 Å². The normalized spacial score (nSPS) is 12.9. The van der Waals surface area contributed by atoms with E-state index in [0.717, 1.165) is 0 Å². The molecule has 1 heterocycles. The van der Waals surface area contributed by atoms with Crippen molar-refractivity contribution < 1.29 is 23.6 Å². The summed E-state index contributed by atoms with van der Waals surface area (Å²) in [7, 11) is 0. The van der Waals surface area contributed by atoms with Crippen LogP contribution in [0.4, 0.5) is 4.39 Å². The number of alkyl halides is 2. The van der Waals surface area contributed by atoms with Crippen molar-refractivity contribution in [3.8, 4) is 0 Å². The lowest BCUT2D eigenvalue weighted by molar-refractivity contribution is -0.144. The van der Waals surface area contributed by atoms with Crippen molar-refractivity contribution in [2.45, 2.75) is 38.4 Å². The summed E-state index contributed by atoms with van der Waals surface area (Å²) in [5.74, 6) is -3.59. The van der Waals surface area contributed by atoms with Crippen molar-refractivity contribution in [1.29, 1.82) is 0 Å². The molecule has 0 saturated carbocycles. The number of hydrogen-bond acceptors (Lipinski definition) is 5. The highest BCUT2D eigenvalue weighted by atomic mass is 35.5. The first-order chi connectivity index (χ1) is 15.0. The van der Waals surface area contributed by atoms with Crippen LogP contribution in [0.25, 0.3) is 11.0 Å². The fourth-order valence-electron chi connectivity index (χ4n) is 2.79. The number of fused-ring (bicyclic) bond motifs is 1. The number of hydrazine groups is 1. The third kappa shape index (κ3) is 7.06. The van der Waals surface area contributed by atoms with Gasteiger partial charge in [-0.3, -0.25) is 24.6 Å². The van der Waals surface area contributed by atoms with Crippen molar-refractivity contribution >= 4 is 57.9 Å². The van der Waals surface area contributed by atoms with E-state index in [-0.39, 0.29) is 31.1 Å². The summed E-state index contributed by atoms with van der Waals surface area (Å²) in [6.07, 6.45) is -0.139. The van der Waals surface area contributed by atoms with Crippen LogP contribution in [0.15, 0.2) is 18.2 Å². The number of amides is 4. The van der Waals surface area contributed by atoms with E-state index in [1.54, 1.807) is 18.2 Å². The van der Waals surface area contributed by atoms with E-state index in [0.29, 0.717) is 21.1 Å². The van der Waals surface area contributed by atoms with Gasteiger partial charge in [-0.15, -0.1) is 0 Å². The molecule has 0 aliphatic rings. The van der Waals surface area contributed by atoms with Gasteiger partial charge in [-0.25, -0.2) is 14.4 Å². The molecule has 1 aromatic carbocycles. The monoisotopic (exact) mass is 488 g/mol. The molecule has 4 amide bonds. The van der Waals surface area contributed by atoms with E-state index in [1.165, 1.54) is 0 Å². The second-order valence-corrected chi connectivity index (χ2v) is 8.21. The molecular weight excluding hydrogens is 466 g/mol. The van der Waals surface area contributed by atoms with Gasteiger partial charge in [0.1, 0.15) is 6.04 Å². The summed E-state index contributed by atoms with van der Waals surface area (Å²) in [6, 6.07) is 3.76. The maximum absolute atomic E-state index is 13.3. The number of imidazole rings is 1. The number of nitrogens with one attached hydrogen (secondary N) is 3. The van der Waals surface area contributed by atoms with Crippen LogP contribution < -0.4 is 16.5 Å². The lowest BCUT2D eigenvalue weighted by Crippen LogP contribution is -2.56. The maximum atomic E-state index is 13.3. The minimum absolute atomic E-state index is 0.0303. The van der Waals surface area contributed by atoms with Gasteiger partial charge in [0, 0.05) is 11.4 Å². The van der Waals surface area contributed by atoms with Crippen LogP contribution >= 0.6 is 23.2 Å². The van der Waals surface area contributed by atoms with Crippen molar-refractivity contribution in [3.63, 3.8) is 0 Å². The predicted octanol–water partition coefficient (Wildman–Crippen LogP) is 1.63. The maximum Gasteiger partial charge on any atom is 0.291 e. The van der Waals surface area contributed by atoms with Gasteiger partial charge >= 0.3 is 0 Å². The van der Waals surface area contributed by atoms with E-state index >= 15 is 0 Å². The molecule has 1 aromatic heterocycles. The van der Waals surface area contributed by atoms with Crippen LogP contribution in [-0.2, 0) is 14.4 Å². The molecule has 0 aliphatic heterocycles. The number of nitrogens with zero attached hydrogens (tertiary/aromatic N) is 2. The number of halogens is 3. The first-order valence-corrected chi connectivity index (χ1v) is 10.4. The number of carbonyl (C=O) groups is 4. The summed E-state index contributed by atoms with van der Waals surface area (Å²) < 4.78 is 13.3. The van der Waals surface area contributed by atoms with Crippen molar-refractivity contribution in [1.82, 2.24) is 25.7 Å². The van der Waals surface area contributed by atoms with Gasteiger partial charge in [0.25, 0.3) is 23.4 Å². The van der Waals surface area contributed by atoms with Crippen LogP contribution in [0.2, 0.25) is 5.02 Å². The quantitative estimate of drug-likeness (QED) is 0.312. The highest BCUT2D eigenvalue weighted by Crippen LogP contribution is 2.17. The van der Waals surface area contributed by atoms with Crippen molar-refractivity contribution in [3.05, 3.63) is 29.0 Å². The Balaban J connectivity index is 2.18. The van der Waals surface area contributed by atoms with Gasteiger partial charge in [0.05, 0.1) is 17.6 Å². The first-order valence-electron chi connectivity index (χ1n) is 9.62. The number of rotatable bonds is 9. The Hall–Kier alpha value is -2.92. The standard InChI is InChI=1S/C19H23Cl2FN6O4/c1-9(2)7-13(17(30)27-28(6-5-14(23)29)19(32)15(21)22)26-18(31)16-24-11-4-3-10(20)8-12(11)25-16/h3-4,8-9,13,15H,5-7H2,1-2H3,(H2,23,29)(H,24,25)(H,26,31)(H,27,30)/t13-,15+/m0/s1. The van der Waals surface area contributed by atoms with Crippen LogP contribution in [0.3, 0.4) is 0 Å². The molecule has 5 N–H and O–H groups in total. The van der Waals surface area contributed by atoms with E-state index in [9.17, 15) is 23.6 Å². The van der Waals surface area contributed by atoms with Gasteiger partial charge in [0.2, 0.25) is 5.91 Å². The Morgan fingerprint density at radius 3 is 2.56 bits per heavy atom. The molecule has 13 heteroatoms. The van der Waals surface area contributed by atoms with Crippen molar-refractivity contribution in [2.24, 2.45) is 11.7 Å². The second-order valence-electron chi connectivity index (χ2n) is 7.39. The number of H-pyrrole nitrogens is 1. The fraction of sp³-hybridized carbons (Fsp3) is 0.421. The zero-order valence-corrected chi connectivity index (χ0v) is 18.8.